The van der Waals surface area contributed by atoms with E-state index in [2.05, 4.69) is 17.2 Å². The van der Waals surface area contributed by atoms with Gasteiger partial charge in [0, 0.05) is 12.1 Å². The molecule has 0 unspecified atom stereocenters. The van der Waals surface area contributed by atoms with Gasteiger partial charge in [-0.15, -0.1) is 0 Å². The molecule has 0 saturated heterocycles. The third kappa shape index (κ3) is 2.24. The fraction of sp³-hybridized carbons (Fsp3) is 0.667. The standard InChI is InChI=1S/C9H14N2O/c1-2-4-8(12)11-7-9(10)5-3-6-9/h3,5-7,10H2,1H3,(H,11,12). The molecule has 12 heavy (non-hydrogen) atoms. The van der Waals surface area contributed by atoms with Gasteiger partial charge < -0.3 is 11.1 Å². The number of rotatable bonds is 2. The third-order valence-corrected chi connectivity index (χ3v) is 2.19. The maximum Gasteiger partial charge on any atom is 0.295 e. The summed E-state index contributed by atoms with van der Waals surface area (Å²) < 4.78 is 0. The molecular formula is C9H14N2O. The summed E-state index contributed by atoms with van der Waals surface area (Å²) in [4.78, 5) is 10.9. The summed E-state index contributed by atoms with van der Waals surface area (Å²) in [6.07, 6.45) is 3.19. The topological polar surface area (TPSA) is 55.1 Å². The zero-order valence-electron chi connectivity index (χ0n) is 7.31. The van der Waals surface area contributed by atoms with Crippen LogP contribution in [0.4, 0.5) is 0 Å². The van der Waals surface area contributed by atoms with Gasteiger partial charge in [-0.1, -0.05) is 5.92 Å². The molecule has 3 nitrogen and oxygen atoms in total. The summed E-state index contributed by atoms with van der Waals surface area (Å²) in [6, 6.07) is 0. The second-order valence-electron chi connectivity index (χ2n) is 3.27. The minimum absolute atomic E-state index is 0.148. The average Bonchev–Trinajstić information content (AvgIpc) is 1.98. The Kier molecular flexibility index (Phi) is 2.72. The molecule has 0 aromatic carbocycles. The van der Waals surface area contributed by atoms with Crippen molar-refractivity contribution in [2.75, 3.05) is 6.54 Å². The van der Waals surface area contributed by atoms with Crippen LogP contribution in [-0.4, -0.2) is 18.0 Å². The summed E-state index contributed by atoms with van der Waals surface area (Å²) in [7, 11) is 0. The van der Waals surface area contributed by atoms with E-state index >= 15 is 0 Å². The van der Waals surface area contributed by atoms with E-state index < -0.39 is 0 Å². The van der Waals surface area contributed by atoms with Crippen LogP contribution in [0.1, 0.15) is 26.2 Å². The van der Waals surface area contributed by atoms with Gasteiger partial charge >= 0.3 is 0 Å². The Balaban J connectivity index is 2.23. The monoisotopic (exact) mass is 166 g/mol. The number of carbonyl (C=O) groups excluding carboxylic acids is 1. The number of nitrogens with two attached hydrogens (primary N) is 1. The minimum atomic E-state index is -0.228. The van der Waals surface area contributed by atoms with Gasteiger partial charge in [-0.25, -0.2) is 0 Å². The van der Waals surface area contributed by atoms with Crippen molar-refractivity contribution in [1.82, 2.24) is 5.32 Å². The van der Waals surface area contributed by atoms with Gasteiger partial charge in [0.25, 0.3) is 5.91 Å². The van der Waals surface area contributed by atoms with Crippen LogP contribution in [0.25, 0.3) is 0 Å². The van der Waals surface area contributed by atoms with Gasteiger partial charge in [0.05, 0.1) is 0 Å². The van der Waals surface area contributed by atoms with Crippen LogP contribution < -0.4 is 11.1 Å². The number of hydrogen-bond donors (Lipinski definition) is 2. The Morgan fingerprint density at radius 1 is 1.67 bits per heavy atom. The van der Waals surface area contributed by atoms with Crippen molar-refractivity contribution in [3.8, 4) is 11.8 Å². The Bertz CT molecular complexity index is 233. The predicted molar refractivity (Wildman–Crippen MR) is 47.2 cm³/mol. The summed E-state index contributed by atoms with van der Waals surface area (Å²) in [6.45, 7) is 2.20. The van der Waals surface area contributed by atoms with E-state index in [4.69, 9.17) is 5.73 Å². The average molecular weight is 166 g/mol. The molecule has 3 N–H and O–H groups in total. The molecule has 0 aliphatic heterocycles. The van der Waals surface area contributed by atoms with Gasteiger partial charge in [0.15, 0.2) is 0 Å². The number of hydrogen-bond acceptors (Lipinski definition) is 2. The van der Waals surface area contributed by atoms with Crippen LogP contribution in [-0.2, 0) is 4.79 Å². The highest BCUT2D eigenvalue weighted by Crippen LogP contribution is 2.27. The van der Waals surface area contributed by atoms with Crippen LogP contribution in [0.15, 0.2) is 0 Å². The normalized spacial score (nSPS) is 18.5. The minimum Gasteiger partial charge on any atom is -0.343 e. The van der Waals surface area contributed by atoms with Gasteiger partial charge in [-0.2, -0.15) is 0 Å². The molecular weight excluding hydrogens is 152 g/mol. The lowest BCUT2D eigenvalue weighted by Gasteiger charge is -2.37. The summed E-state index contributed by atoms with van der Waals surface area (Å²) in [5.74, 6) is 4.72. The third-order valence-electron chi connectivity index (χ3n) is 2.19. The maximum atomic E-state index is 10.9. The molecule has 66 valence electrons. The molecule has 0 atom stereocenters. The SMILES string of the molecule is CC#CC(=O)NCC1(N)CCC1. The first kappa shape index (κ1) is 9.08. The summed E-state index contributed by atoms with van der Waals surface area (Å²) >= 11 is 0. The van der Waals surface area contributed by atoms with Crippen LogP contribution >= 0.6 is 0 Å². The largest absolute Gasteiger partial charge is 0.343 e. The van der Waals surface area contributed by atoms with E-state index in [9.17, 15) is 4.79 Å². The van der Waals surface area contributed by atoms with Gasteiger partial charge in [-0.3, -0.25) is 4.79 Å². The molecule has 1 rings (SSSR count). The van der Waals surface area contributed by atoms with Crippen LogP contribution in [0.5, 0.6) is 0 Å². The fourth-order valence-corrected chi connectivity index (χ4v) is 1.22. The fourth-order valence-electron chi connectivity index (χ4n) is 1.22. The second-order valence-corrected chi connectivity index (χ2v) is 3.27. The summed E-state index contributed by atoms with van der Waals surface area (Å²) in [5, 5.41) is 2.69. The van der Waals surface area contributed by atoms with Crippen molar-refractivity contribution in [3.05, 3.63) is 0 Å². The smallest absolute Gasteiger partial charge is 0.295 e. The Hall–Kier alpha value is -1.01. The van der Waals surface area contributed by atoms with Gasteiger partial charge in [0.2, 0.25) is 0 Å². The van der Waals surface area contributed by atoms with Crippen molar-refractivity contribution in [3.63, 3.8) is 0 Å². The highest BCUT2D eigenvalue weighted by Gasteiger charge is 2.32. The molecule has 1 fully saturated rings. The van der Waals surface area contributed by atoms with Crippen LogP contribution in [0.2, 0.25) is 0 Å². The number of amides is 1. The van der Waals surface area contributed by atoms with Crippen molar-refractivity contribution in [2.45, 2.75) is 31.7 Å². The van der Waals surface area contributed by atoms with Crippen LogP contribution in [0, 0.1) is 11.8 Å². The Morgan fingerprint density at radius 2 is 2.33 bits per heavy atom. The van der Waals surface area contributed by atoms with E-state index in [-0.39, 0.29) is 11.4 Å². The predicted octanol–water partition coefficient (Wildman–Crippen LogP) is 0.00730. The first-order valence-corrected chi connectivity index (χ1v) is 4.16. The molecule has 0 bridgehead atoms. The first-order chi connectivity index (χ1) is 5.66. The molecule has 1 aliphatic rings. The molecule has 1 aliphatic carbocycles. The lowest BCUT2D eigenvalue weighted by atomic mass is 9.78. The lowest BCUT2D eigenvalue weighted by Crippen LogP contribution is -2.54. The van der Waals surface area contributed by atoms with Crippen molar-refractivity contribution < 1.29 is 4.79 Å². The molecule has 0 spiro atoms. The zero-order valence-corrected chi connectivity index (χ0v) is 7.31. The molecule has 1 saturated carbocycles. The number of nitrogens with one attached hydrogen (secondary N) is 1. The molecule has 0 aromatic rings. The van der Waals surface area contributed by atoms with Crippen molar-refractivity contribution in [1.29, 1.82) is 0 Å². The van der Waals surface area contributed by atoms with E-state index in [1.807, 2.05) is 0 Å². The van der Waals surface area contributed by atoms with Gasteiger partial charge in [0.1, 0.15) is 0 Å². The van der Waals surface area contributed by atoms with E-state index in [0.29, 0.717) is 6.54 Å². The molecule has 1 amide bonds. The van der Waals surface area contributed by atoms with Crippen molar-refractivity contribution >= 4 is 5.91 Å². The van der Waals surface area contributed by atoms with Gasteiger partial charge in [-0.05, 0) is 32.1 Å². The quantitative estimate of drug-likeness (QED) is 0.568. The van der Waals surface area contributed by atoms with E-state index in [0.717, 1.165) is 12.8 Å². The number of carbonyl (C=O) groups is 1. The highest BCUT2D eigenvalue weighted by molar-refractivity contribution is 5.93. The first-order valence-electron chi connectivity index (χ1n) is 4.16. The van der Waals surface area contributed by atoms with Crippen LogP contribution in [0.3, 0.4) is 0 Å². The second kappa shape index (κ2) is 3.59. The lowest BCUT2D eigenvalue weighted by molar-refractivity contribution is -0.116. The maximum absolute atomic E-state index is 10.9. The Labute approximate surface area is 72.7 Å². The molecule has 0 aromatic heterocycles. The summed E-state index contributed by atoms with van der Waals surface area (Å²) in [5.41, 5.74) is 5.74. The molecule has 3 heteroatoms. The van der Waals surface area contributed by atoms with E-state index in [1.165, 1.54) is 6.42 Å². The van der Waals surface area contributed by atoms with Crippen molar-refractivity contribution in [2.24, 2.45) is 5.73 Å². The molecule has 0 heterocycles. The highest BCUT2D eigenvalue weighted by atomic mass is 16.1. The molecule has 0 radical (unpaired) electrons. The Morgan fingerprint density at radius 3 is 2.75 bits per heavy atom. The zero-order chi connectivity index (χ0) is 9.03. The van der Waals surface area contributed by atoms with E-state index in [1.54, 1.807) is 6.92 Å².